The van der Waals surface area contributed by atoms with Crippen molar-refractivity contribution >= 4 is 0 Å². The van der Waals surface area contributed by atoms with Gasteiger partial charge in [0.1, 0.15) is 0 Å². The van der Waals surface area contributed by atoms with Gasteiger partial charge in [0.25, 0.3) is 0 Å². The zero-order chi connectivity index (χ0) is 15.7. The first kappa shape index (κ1) is 17.8. The van der Waals surface area contributed by atoms with Gasteiger partial charge < -0.3 is 24.6 Å². The van der Waals surface area contributed by atoms with E-state index in [2.05, 4.69) is 12.2 Å². The summed E-state index contributed by atoms with van der Waals surface area (Å²) in [5.41, 5.74) is 1.15. The molecule has 0 saturated heterocycles. The number of ether oxygens (including phenoxy) is 3. The van der Waals surface area contributed by atoms with E-state index in [0.717, 1.165) is 30.0 Å². The lowest BCUT2D eigenvalue weighted by Gasteiger charge is -2.20. The van der Waals surface area contributed by atoms with E-state index in [9.17, 15) is 5.11 Å². The Kier molecular flexibility index (Phi) is 8.12. The molecule has 5 heteroatoms. The second kappa shape index (κ2) is 9.60. The van der Waals surface area contributed by atoms with Gasteiger partial charge in [-0.25, -0.2) is 0 Å². The largest absolute Gasteiger partial charge is 0.493 e. The molecule has 0 bridgehead atoms. The number of methoxy groups -OCH3 is 3. The fourth-order valence-corrected chi connectivity index (χ4v) is 2.27. The highest BCUT2D eigenvalue weighted by molar-refractivity contribution is 5.43. The van der Waals surface area contributed by atoms with Crippen LogP contribution in [-0.2, 0) is 4.74 Å². The molecule has 2 atom stereocenters. The van der Waals surface area contributed by atoms with E-state index in [4.69, 9.17) is 14.2 Å². The van der Waals surface area contributed by atoms with Gasteiger partial charge in [0.2, 0.25) is 0 Å². The Morgan fingerprint density at radius 3 is 2.43 bits per heavy atom. The van der Waals surface area contributed by atoms with Gasteiger partial charge in [-0.2, -0.15) is 0 Å². The number of hydrogen-bond acceptors (Lipinski definition) is 5. The highest BCUT2D eigenvalue weighted by atomic mass is 16.5. The Balaban J connectivity index is 2.63. The van der Waals surface area contributed by atoms with Crippen molar-refractivity contribution in [2.45, 2.75) is 31.9 Å². The maximum absolute atomic E-state index is 9.65. The van der Waals surface area contributed by atoms with Gasteiger partial charge in [-0.15, -0.1) is 0 Å². The maximum Gasteiger partial charge on any atom is 0.161 e. The maximum atomic E-state index is 9.65. The highest BCUT2D eigenvalue weighted by Crippen LogP contribution is 2.30. The van der Waals surface area contributed by atoms with Crippen LogP contribution in [0, 0.1) is 0 Å². The van der Waals surface area contributed by atoms with Crippen LogP contribution in [0.25, 0.3) is 0 Å². The SMILES string of the molecule is CCC(NCCC(O)COC)c1ccc(OC)c(OC)c1. The van der Waals surface area contributed by atoms with Gasteiger partial charge in [0.15, 0.2) is 11.5 Å². The van der Waals surface area contributed by atoms with E-state index in [1.54, 1.807) is 21.3 Å². The molecule has 0 fully saturated rings. The Bertz CT molecular complexity index is 411. The molecule has 5 nitrogen and oxygen atoms in total. The first-order valence-corrected chi connectivity index (χ1v) is 7.28. The molecule has 120 valence electrons. The Labute approximate surface area is 127 Å². The minimum absolute atomic E-state index is 0.222. The second-order valence-corrected chi connectivity index (χ2v) is 4.93. The van der Waals surface area contributed by atoms with Crippen molar-refractivity contribution in [3.05, 3.63) is 23.8 Å². The summed E-state index contributed by atoms with van der Waals surface area (Å²) >= 11 is 0. The van der Waals surface area contributed by atoms with E-state index in [1.165, 1.54) is 0 Å². The van der Waals surface area contributed by atoms with Crippen LogP contribution in [0.1, 0.15) is 31.4 Å². The van der Waals surface area contributed by atoms with Crippen molar-refractivity contribution in [2.75, 3.05) is 34.5 Å². The van der Waals surface area contributed by atoms with E-state index in [-0.39, 0.29) is 6.04 Å². The average molecular weight is 297 g/mol. The number of aliphatic hydroxyl groups is 1. The second-order valence-electron chi connectivity index (χ2n) is 4.93. The molecule has 0 spiro atoms. The van der Waals surface area contributed by atoms with Crippen molar-refractivity contribution in [1.29, 1.82) is 0 Å². The summed E-state index contributed by atoms with van der Waals surface area (Å²) in [6, 6.07) is 6.16. The Hall–Kier alpha value is -1.30. The minimum atomic E-state index is -0.426. The molecule has 1 aromatic rings. The van der Waals surface area contributed by atoms with Crippen molar-refractivity contribution in [3.8, 4) is 11.5 Å². The summed E-state index contributed by atoms with van der Waals surface area (Å²) in [6.07, 6.45) is 1.19. The molecule has 0 heterocycles. The van der Waals surface area contributed by atoms with Crippen LogP contribution in [0.2, 0.25) is 0 Å². The molecular formula is C16H27NO4. The van der Waals surface area contributed by atoms with E-state index < -0.39 is 6.10 Å². The monoisotopic (exact) mass is 297 g/mol. The van der Waals surface area contributed by atoms with Crippen molar-refractivity contribution in [1.82, 2.24) is 5.32 Å². The lowest BCUT2D eigenvalue weighted by atomic mass is 10.0. The summed E-state index contributed by atoms with van der Waals surface area (Å²) in [4.78, 5) is 0. The first-order chi connectivity index (χ1) is 10.2. The van der Waals surface area contributed by atoms with Crippen LogP contribution >= 0.6 is 0 Å². The van der Waals surface area contributed by atoms with Gasteiger partial charge in [0, 0.05) is 13.2 Å². The van der Waals surface area contributed by atoms with Crippen LogP contribution in [0.5, 0.6) is 11.5 Å². The summed E-state index contributed by atoms with van der Waals surface area (Å²) in [7, 11) is 4.86. The molecule has 0 aliphatic rings. The molecule has 1 rings (SSSR count). The van der Waals surface area contributed by atoms with Crippen molar-refractivity contribution in [2.24, 2.45) is 0 Å². The first-order valence-electron chi connectivity index (χ1n) is 7.28. The van der Waals surface area contributed by atoms with Crippen molar-refractivity contribution in [3.63, 3.8) is 0 Å². The molecule has 0 aliphatic carbocycles. The van der Waals surface area contributed by atoms with Gasteiger partial charge in [-0.05, 0) is 37.1 Å². The smallest absolute Gasteiger partial charge is 0.161 e. The van der Waals surface area contributed by atoms with Crippen LogP contribution in [0.3, 0.4) is 0 Å². The van der Waals surface area contributed by atoms with Gasteiger partial charge in [-0.1, -0.05) is 13.0 Å². The minimum Gasteiger partial charge on any atom is -0.493 e. The predicted molar refractivity (Wildman–Crippen MR) is 83.1 cm³/mol. The van der Waals surface area contributed by atoms with Gasteiger partial charge in [0.05, 0.1) is 26.9 Å². The summed E-state index contributed by atoms with van der Waals surface area (Å²) in [5.74, 6) is 1.46. The lowest BCUT2D eigenvalue weighted by molar-refractivity contribution is 0.0589. The lowest BCUT2D eigenvalue weighted by Crippen LogP contribution is -2.26. The molecule has 0 amide bonds. The number of nitrogens with one attached hydrogen (secondary N) is 1. The molecule has 0 aliphatic heterocycles. The Morgan fingerprint density at radius 1 is 1.14 bits per heavy atom. The zero-order valence-electron chi connectivity index (χ0n) is 13.4. The molecule has 21 heavy (non-hydrogen) atoms. The van der Waals surface area contributed by atoms with Gasteiger partial charge in [-0.3, -0.25) is 0 Å². The number of aliphatic hydroxyl groups excluding tert-OH is 1. The van der Waals surface area contributed by atoms with Crippen LogP contribution in [-0.4, -0.2) is 45.7 Å². The fourth-order valence-electron chi connectivity index (χ4n) is 2.27. The van der Waals surface area contributed by atoms with Crippen LogP contribution < -0.4 is 14.8 Å². The average Bonchev–Trinajstić information content (AvgIpc) is 2.51. The molecule has 0 radical (unpaired) electrons. The van der Waals surface area contributed by atoms with Crippen LogP contribution in [0.4, 0.5) is 0 Å². The number of benzene rings is 1. The standard InChI is InChI=1S/C16H27NO4/c1-5-14(17-9-8-13(18)11-19-2)12-6-7-15(20-3)16(10-12)21-4/h6-7,10,13-14,17-18H,5,8-9,11H2,1-4H3. The van der Waals surface area contributed by atoms with Crippen molar-refractivity contribution < 1.29 is 19.3 Å². The summed E-state index contributed by atoms with van der Waals surface area (Å²) in [5, 5.41) is 13.1. The molecule has 1 aromatic carbocycles. The van der Waals surface area contributed by atoms with E-state index in [0.29, 0.717) is 13.0 Å². The van der Waals surface area contributed by atoms with E-state index >= 15 is 0 Å². The van der Waals surface area contributed by atoms with Crippen LogP contribution in [0.15, 0.2) is 18.2 Å². The topological polar surface area (TPSA) is 60.0 Å². The third-order valence-corrected chi connectivity index (χ3v) is 3.45. The zero-order valence-corrected chi connectivity index (χ0v) is 13.4. The predicted octanol–water partition coefficient (Wildman–Crippen LogP) is 2.14. The molecule has 0 saturated carbocycles. The quantitative estimate of drug-likeness (QED) is 0.693. The fraction of sp³-hybridized carbons (Fsp3) is 0.625. The third-order valence-electron chi connectivity index (χ3n) is 3.45. The summed E-state index contributed by atoms with van der Waals surface area (Å²) in [6.45, 7) is 3.23. The van der Waals surface area contributed by atoms with E-state index in [1.807, 2.05) is 18.2 Å². The van der Waals surface area contributed by atoms with Gasteiger partial charge >= 0.3 is 0 Å². The normalized spacial score (nSPS) is 13.8. The highest BCUT2D eigenvalue weighted by Gasteiger charge is 2.13. The number of rotatable bonds is 10. The summed E-state index contributed by atoms with van der Waals surface area (Å²) < 4.78 is 15.5. The molecular weight excluding hydrogens is 270 g/mol. The molecule has 0 aromatic heterocycles. The third kappa shape index (κ3) is 5.53. The molecule has 2 N–H and O–H groups in total. The molecule has 2 unspecified atom stereocenters. The number of hydrogen-bond donors (Lipinski definition) is 2. The Morgan fingerprint density at radius 2 is 1.86 bits per heavy atom.